The first kappa shape index (κ1) is 35.3. The fraction of sp³-hybridized carbons (Fsp3) is 0.500. The lowest BCUT2D eigenvalue weighted by Gasteiger charge is -2.15. The van der Waals surface area contributed by atoms with Crippen molar-refractivity contribution >= 4 is 16.9 Å². The number of nitrogens with zero attached hydrogens (tertiary/aromatic N) is 1. The highest BCUT2D eigenvalue weighted by Crippen LogP contribution is 2.42. The van der Waals surface area contributed by atoms with E-state index in [9.17, 15) is 4.79 Å². The van der Waals surface area contributed by atoms with Crippen molar-refractivity contribution in [2.45, 2.75) is 85.0 Å². The zero-order chi connectivity index (χ0) is 32.8. The van der Waals surface area contributed by atoms with Gasteiger partial charge in [-0.25, -0.2) is 4.79 Å². The molecule has 0 aliphatic rings. The summed E-state index contributed by atoms with van der Waals surface area (Å²) in [5, 5.41) is 0.823. The van der Waals surface area contributed by atoms with Crippen LogP contribution in [-0.2, 0) is 11.8 Å². The molecule has 0 unspecified atom stereocenters. The molecule has 0 aliphatic carbocycles. The van der Waals surface area contributed by atoms with Crippen LogP contribution in [0.4, 0.5) is 0 Å². The van der Waals surface area contributed by atoms with Crippen molar-refractivity contribution in [2.75, 3.05) is 35.0 Å². The molecule has 0 spiro atoms. The van der Waals surface area contributed by atoms with E-state index < -0.39 is 5.97 Å². The summed E-state index contributed by atoms with van der Waals surface area (Å²) in [7, 11) is 7.98. The van der Waals surface area contributed by atoms with Crippen molar-refractivity contribution in [3.05, 3.63) is 46.1 Å². The lowest BCUT2D eigenvalue weighted by Crippen LogP contribution is -2.07. The van der Waals surface area contributed by atoms with Gasteiger partial charge in [-0.15, -0.1) is 5.92 Å². The summed E-state index contributed by atoms with van der Waals surface area (Å²) < 4.78 is 30.4. The van der Waals surface area contributed by atoms with Crippen LogP contribution in [0.3, 0.4) is 0 Å². The number of fused-ring (bicyclic) bond motifs is 1. The van der Waals surface area contributed by atoms with Crippen molar-refractivity contribution in [3.63, 3.8) is 0 Å². The molecule has 7 nitrogen and oxygen atoms in total. The monoisotopic (exact) mass is 615 g/mol. The van der Waals surface area contributed by atoms with Gasteiger partial charge in [0.1, 0.15) is 17.2 Å². The highest BCUT2D eigenvalue weighted by molar-refractivity contribution is 6.01. The minimum Gasteiger partial charge on any atom is -0.495 e. The number of carbonyl (C=O) groups is 1. The second-order valence-corrected chi connectivity index (χ2v) is 11.1. The molecule has 45 heavy (non-hydrogen) atoms. The number of esters is 1. The van der Waals surface area contributed by atoms with Crippen molar-refractivity contribution in [2.24, 2.45) is 7.05 Å². The second-order valence-electron chi connectivity index (χ2n) is 11.1. The van der Waals surface area contributed by atoms with E-state index >= 15 is 0 Å². The standard InChI is InChI=1S/C38H49NO6/c1-9-11-12-13-14-15-16-17-18-19-23-45-34-25-28(20-10-2)33(41-5)24-29(34)21-22-30-35-31(26-32(39(35)4)38(40)44-8)27(3)36(42-6)37(30)43-7/h24-26H,9,11-19,23H2,1-8H3. The summed E-state index contributed by atoms with van der Waals surface area (Å²) in [4.78, 5) is 12.6. The van der Waals surface area contributed by atoms with Crippen LogP contribution < -0.4 is 18.9 Å². The van der Waals surface area contributed by atoms with E-state index in [1.54, 1.807) is 38.9 Å². The van der Waals surface area contributed by atoms with Gasteiger partial charge >= 0.3 is 5.97 Å². The number of unbranched alkanes of at least 4 members (excludes halogenated alkanes) is 9. The summed E-state index contributed by atoms with van der Waals surface area (Å²) in [6.45, 7) is 6.57. The van der Waals surface area contributed by atoms with Gasteiger partial charge in [0.25, 0.3) is 0 Å². The number of aromatic nitrogens is 1. The van der Waals surface area contributed by atoms with Crippen molar-refractivity contribution in [1.82, 2.24) is 4.57 Å². The average molecular weight is 616 g/mol. The molecule has 1 heterocycles. The summed E-state index contributed by atoms with van der Waals surface area (Å²) in [5.74, 6) is 14.6. The maximum atomic E-state index is 12.6. The van der Waals surface area contributed by atoms with Gasteiger partial charge in [0.15, 0.2) is 11.5 Å². The van der Waals surface area contributed by atoms with Gasteiger partial charge in [0.2, 0.25) is 0 Å². The van der Waals surface area contributed by atoms with E-state index in [4.69, 9.17) is 23.7 Å². The molecular weight excluding hydrogens is 566 g/mol. The van der Waals surface area contributed by atoms with E-state index in [-0.39, 0.29) is 0 Å². The summed E-state index contributed by atoms with van der Waals surface area (Å²) >= 11 is 0. The molecule has 242 valence electrons. The Bertz CT molecular complexity index is 1580. The van der Waals surface area contributed by atoms with E-state index in [0.717, 1.165) is 34.9 Å². The zero-order valence-electron chi connectivity index (χ0n) is 28.4. The molecule has 0 atom stereocenters. The van der Waals surface area contributed by atoms with Gasteiger partial charge in [-0.05, 0) is 26.3 Å². The number of benzene rings is 2. The molecule has 7 heteroatoms. The maximum absolute atomic E-state index is 12.6. The Morgan fingerprint density at radius 2 is 1.36 bits per heavy atom. The van der Waals surface area contributed by atoms with Crippen molar-refractivity contribution < 1.29 is 28.5 Å². The van der Waals surface area contributed by atoms with Crippen LogP contribution in [0.5, 0.6) is 23.0 Å². The SMILES string of the molecule is CC#Cc1cc(OCCCCCCCCCCCC)c(C#Cc2c(OC)c(OC)c(C)c3cc(C(=O)OC)n(C)c23)cc1OC. The summed E-state index contributed by atoms with van der Waals surface area (Å²) in [6.07, 6.45) is 12.6. The molecule has 0 fully saturated rings. The normalized spacial score (nSPS) is 10.5. The highest BCUT2D eigenvalue weighted by atomic mass is 16.5. The third-order valence-corrected chi connectivity index (χ3v) is 8.09. The minimum absolute atomic E-state index is 0.402. The molecule has 1 aromatic heterocycles. The van der Waals surface area contributed by atoms with E-state index in [0.29, 0.717) is 46.4 Å². The van der Waals surface area contributed by atoms with Crippen LogP contribution in [0.1, 0.15) is 111 Å². The minimum atomic E-state index is -0.440. The summed E-state index contributed by atoms with van der Waals surface area (Å²) in [5.41, 5.74) is 3.98. The number of hydrogen-bond acceptors (Lipinski definition) is 6. The van der Waals surface area contributed by atoms with Gasteiger partial charge in [-0.2, -0.15) is 0 Å². The Labute approximate surface area is 269 Å². The number of aryl methyl sites for hydroxylation is 2. The fourth-order valence-electron chi connectivity index (χ4n) is 5.64. The lowest BCUT2D eigenvalue weighted by molar-refractivity contribution is 0.0590. The van der Waals surface area contributed by atoms with Crippen LogP contribution in [0, 0.1) is 30.6 Å². The molecule has 0 saturated carbocycles. The summed E-state index contributed by atoms with van der Waals surface area (Å²) in [6, 6.07) is 5.56. The fourth-order valence-corrected chi connectivity index (χ4v) is 5.64. The quantitative estimate of drug-likeness (QED) is 0.0916. The van der Waals surface area contributed by atoms with Crippen molar-refractivity contribution in [1.29, 1.82) is 0 Å². The molecule has 0 saturated heterocycles. The van der Waals surface area contributed by atoms with Crippen LogP contribution in [0.15, 0.2) is 18.2 Å². The molecule has 0 amide bonds. The van der Waals surface area contributed by atoms with E-state index in [1.165, 1.54) is 58.5 Å². The second kappa shape index (κ2) is 17.9. The largest absolute Gasteiger partial charge is 0.495 e. The molecule has 0 bridgehead atoms. The Balaban J connectivity index is 1.95. The molecule has 0 radical (unpaired) electrons. The average Bonchev–Trinajstić information content (AvgIpc) is 3.40. The number of hydrogen-bond donors (Lipinski definition) is 0. The zero-order valence-corrected chi connectivity index (χ0v) is 28.4. The highest BCUT2D eigenvalue weighted by Gasteiger charge is 2.24. The van der Waals surface area contributed by atoms with Crippen LogP contribution >= 0.6 is 0 Å². The number of methoxy groups -OCH3 is 4. The van der Waals surface area contributed by atoms with Crippen LogP contribution in [-0.4, -0.2) is 45.6 Å². The van der Waals surface area contributed by atoms with Gasteiger partial charge in [-0.1, -0.05) is 82.5 Å². The van der Waals surface area contributed by atoms with Gasteiger partial charge in [-0.3, -0.25) is 0 Å². The third kappa shape index (κ3) is 8.70. The van der Waals surface area contributed by atoms with Crippen LogP contribution in [0.2, 0.25) is 0 Å². The predicted molar refractivity (Wildman–Crippen MR) is 181 cm³/mol. The lowest BCUT2D eigenvalue weighted by atomic mass is 10.0. The van der Waals surface area contributed by atoms with Gasteiger partial charge in [0, 0.05) is 30.1 Å². The Kier molecular flexibility index (Phi) is 14.0. The maximum Gasteiger partial charge on any atom is 0.354 e. The first-order chi connectivity index (χ1) is 21.9. The van der Waals surface area contributed by atoms with E-state index in [1.807, 2.05) is 26.1 Å². The van der Waals surface area contributed by atoms with E-state index in [2.05, 4.69) is 30.6 Å². The Morgan fingerprint density at radius 1 is 0.756 bits per heavy atom. The molecule has 0 N–H and O–H groups in total. The topological polar surface area (TPSA) is 68.2 Å². The Hall–Kier alpha value is -4.23. The van der Waals surface area contributed by atoms with Crippen molar-refractivity contribution in [3.8, 4) is 46.7 Å². The van der Waals surface area contributed by atoms with Gasteiger partial charge < -0.3 is 28.3 Å². The first-order valence-corrected chi connectivity index (χ1v) is 16.0. The number of carbonyl (C=O) groups excluding carboxylic acids is 1. The predicted octanol–water partition coefficient (Wildman–Crippen LogP) is 8.37. The molecule has 3 aromatic rings. The van der Waals surface area contributed by atoms with Gasteiger partial charge in [0.05, 0.1) is 57.3 Å². The smallest absolute Gasteiger partial charge is 0.354 e. The first-order valence-electron chi connectivity index (χ1n) is 16.0. The Morgan fingerprint density at radius 3 is 1.93 bits per heavy atom. The molecule has 3 rings (SSSR count). The molecule has 0 aliphatic heterocycles. The number of ether oxygens (including phenoxy) is 5. The van der Waals surface area contributed by atoms with Crippen LogP contribution in [0.25, 0.3) is 10.9 Å². The number of rotatable bonds is 16. The molecular formula is C38H49NO6. The third-order valence-electron chi connectivity index (χ3n) is 8.09. The molecule has 2 aromatic carbocycles.